The highest BCUT2D eigenvalue weighted by atomic mass is 35.5. The number of anilines is 1. The Balaban J connectivity index is 1.76. The van der Waals surface area contributed by atoms with E-state index in [0.717, 1.165) is 43.1 Å². The third-order valence-electron chi connectivity index (χ3n) is 5.99. The van der Waals surface area contributed by atoms with E-state index in [4.69, 9.17) is 17.3 Å². The van der Waals surface area contributed by atoms with Crippen LogP contribution < -0.4 is 5.73 Å². The van der Waals surface area contributed by atoms with Crippen LogP contribution >= 0.6 is 11.6 Å². The number of rotatable bonds is 7. The lowest BCUT2D eigenvalue weighted by Crippen LogP contribution is -2.42. The van der Waals surface area contributed by atoms with Crippen LogP contribution in [0.1, 0.15) is 36.8 Å². The highest BCUT2D eigenvalue weighted by Crippen LogP contribution is 2.36. The van der Waals surface area contributed by atoms with E-state index in [9.17, 15) is 0 Å². The number of likely N-dealkylation sites (tertiary alicyclic amines) is 1. The molecule has 1 fully saturated rings. The first-order chi connectivity index (χ1) is 14.2. The molecule has 1 saturated heterocycles. The lowest BCUT2D eigenvalue weighted by atomic mass is 9.80. The van der Waals surface area contributed by atoms with Gasteiger partial charge >= 0.3 is 0 Å². The quantitative estimate of drug-likeness (QED) is 0.629. The Morgan fingerprint density at radius 3 is 2.38 bits per heavy atom. The Labute approximate surface area is 177 Å². The second-order valence-corrected chi connectivity index (χ2v) is 8.31. The molecule has 4 rings (SSSR count). The molecule has 1 aliphatic rings. The predicted molar refractivity (Wildman–Crippen MR) is 118 cm³/mol. The van der Waals surface area contributed by atoms with Crippen LogP contribution in [-0.4, -0.2) is 39.5 Å². The number of aromatic nitrogens is 3. The van der Waals surface area contributed by atoms with Crippen molar-refractivity contribution in [3.05, 3.63) is 76.9 Å². The van der Waals surface area contributed by atoms with Gasteiger partial charge in [-0.2, -0.15) is 0 Å². The van der Waals surface area contributed by atoms with Crippen molar-refractivity contribution in [3.8, 4) is 0 Å². The molecular formula is C23H28ClN5. The maximum Gasteiger partial charge on any atom is 0.165 e. The van der Waals surface area contributed by atoms with Crippen molar-refractivity contribution >= 4 is 17.4 Å². The first-order valence-corrected chi connectivity index (χ1v) is 10.7. The summed E-state index contributed by atoms with van der Waals surface area (Å²) in [6.45, 7) is 3.33. The van der Waals surface area contributed by atoms with Gasteiger partial charge in [-0.15, -0.1) is 5.10 Å². The lowest BCUT2D eigenvalue weighted by Gasteiger charge is -2.37. The fourth-order valence-corrected chi connectivity index (χ4v) is 4.58. The van der Waals surface area contributed by atoms with Crippen LogP contribution in [0.25, 0.3) is 0 Å². The summed E-state index contributed by atoms with van der Waals surface area (Å²) in [7, 11) is 0. The number of nitrogen functional groups attached to an aromatic ring is 1. The van der Waals surface area contributed by atoms with E-state index in [1.165, 1.54) is 24.8 Å². The van der Waals surface area contributed by atoms with E-state index >= 15 is 0 Å². The summed E-state index contributed by atoms with van der Waals surface area (Å²) >= 11 is 6.58. The average molecular weight is 410 g/mol. The van der Waals surface area contributed by atoms with Crippen LogP contribution in [0.2, 0.25) is 5.02 Å². The number of hydrogen-bond donors (Lipinski definition) is 1. The zero-order valence-electron chi connectivity index (χ0n) is 16.7. The number of hydrogen-bond acceptors (Lipinski definition) is 4. The van der Waals surface area contributed by atoms with Gasteiger partial charge in [0.25, 0.3) is 0 Å². The molecule has 3 aromatic rings. The van der Waals surface area contributed by atoms with Gasteiger partial charge < -0.3 is 10.6 Å². The number of benzene rings is 2. The molecule has 0 amide bonds. The summed E-state index contributed by atoms with van der Waals surface area (Å²) in [6.07, 6.45) is 7.37. The van der Waals surface area contributed by atoms with Crippen LogP contribution in [0, 0.1) is 0 Å². The van der Waals surface area contributed by atoms with Gasteiger partial charge in [-0.05, 0) is 49.5 Å². The molecule has 1 unspecified atom stereocenters. The van der Waals surface area contributed by atoms with Gasteiger partial charge in [-0.3, -0.25) is 0 Å². The summed E-state index contributed by atoms with van der Waals surface area (Å²) in [5.41, 5.74) is 7.87. The zero-order valence-corrected chi connectivity index (χ0v) is 17.4. The molecule has 29 heavy (non-hydrogen) atoms. The van der Waals surface area contributed by atoms with Crippen LogP contribution in [-0.2, 0) is 12.0 Å². The number of halogens is 1. The third kappa shape index (κ3) is 4.46. The van der Waals surface area contributed by atoms with Gasteiger partial charge in [-0.25, -0.2) is 4.68 Å². The maximum atomic E-state index is 6.58. The summed E-state index contributed by atoms with van der Waals surface area (Å²) in [4.78, 5) is 2.56. The van der Waals surface area contributed by atoms with Crippen molar-refractivity contribution < 1.29 is 0 Å². The minimum atomic E-state index is -0.408. The normalized spacial score (nSPS) is 17.1. The minimum Gasteiger partial charge on any atom is -0.381 e. The molecule has 2 heterocycles. The van der Waals surface area contributed by atoms with E-state index in [0.29, 0.717) is 5.82 Å². The summed E-state index contributed by atoms with van der Waals surface area (Å²) in [6, 6.07) is 18.6. The summed E-state index contributed by atoms with van der Waals surface area (Å²) < 4.78 is 1.95. The first kappa shape index (κ1) is 19.9. The number of nitrogens with zero attached hydrogens (tertiary/aromatic N) is 4. The summed E-state index contributed by atoms with van der Waals surface area (Å²) in [5.74, 6) is 0.433. The van der Waals surface area contributed by atoms with Crippen molar-refractivity contribution in [2.75, 3.05) is 25.4 Å². The van der Waals surface area contributed by atoms with Gasteiger partial charge in [0, 0.05) is 18.0 Å². The van der Waals surface area contributed by atoms with E-state index in [1.54, 1.807) is 0 Å². The molecular weight excluding hydrogens is 382 g/mol. The Kier molecular flexibility index (Phi) is 6.16. The molecule has 6 heteroatoms. The molecule has 0 bridgehead atoms. The molecule has 2 N–H and O–H groups in total. The molecule has 1 aliphatic heterocycles. The molecule has 0 aliphatic carbocycles. The largest absolute Gasteiger partial charge is 0.381 e. The smallest absolute Gasteiger partial charge is 0.165 e. The highest BCUT2D eigenvalue weighted by Gasteiger charge is 2.37. The van der Waals surface area contributed by atoms with Gasteiger partial charge in [0.05, 0.1) is 11.7 Å². The molecule has 0 radical (unpaired) electrons. The number of piperidine rings is 1. The van der Waals surface area contributed by atoms with E-state index in [1.807, 2.05) is 35.1 Å². The Hall–Kier alpha value is -2.37. The van der Waals surface area contributed by atoms with E-state index < -0.39 is 5.54 Å². The molecule has 0 spiro atoms. The van der Waals surface area contributed by atoms with Gasteiger partial charge in [-0.1, -0.05) is 71.8 Å². The van der Waals surface area contributed by atoms with Crippen molar-refractivity contribution in [2.24, 2.45) is 0 Å². The Bertz CT molecular complexity index is 920. The lowest BCUT2D eigenvalue weighted by molar-refractivity contribution is 0.183. The third-order valence-corrected chi connectivity index (χ3v) is 6.36. The average Bonchev–Trinajstić information content (AvgIpc) is 3.21. The topological polar surface area (TPSA) is 60.0 Å². The van der Waals surface area contributed by atoms with Gasteiger partial charge in [0.1, 0.15) is 0 Å². The predicted octanol–water partition coefficient (Wildman–Crippen LogP) is 4.38. The van der Waals surface area contributed by atoms with Crippen LogP contribution in [0.15, 0.2) is 60.8 Å². The van der Waals surface area contributed by atoms with Gasteiger partial charge in [0.15, 0.2) is 5.82 Å². The molecule has 2 aromatic carbocycles. The SMILES string of the molecule is Nc1cn(C(CCN2CCCCC2)(Cc2ccccc2Cl)c2ccccc2)nn1. The zero-order chi connectivity index (χ0) is 20.1. The van der Waals surface area contributed by atoms with Crippen molar-refractivity contribution in [1.29, 1.82) is 0 Å². The maximum absolute atomic E-state index is 6.58. The fourth-order valence-electron chi connectivity index (χ4n) is 4.38. The standard InChI is InChI=1S/C23H28ClN5/c24-21-12-6-5-9-19(21)17-23(20-10-3-1-4-11-20,29-18-22(25)26-27-29)13-16-28-14-7-2-8-15-28/h1,3-6,9-12,18H,2,7-8,13-17,25H2. The minimum absolute atomic E-state index is 0.408. The second-order valence-electron chi connectivity index (χ2n) is 7.91. The van der Waals surface area contributed by atoms with Gasteiger partial charge in [0.2, 0.25) is 0 Å². The Morgan fingerprint density at radius 1 is 0.966 bits per heavy atom. The van der Waals surface area contributed by atoms with E-state index in [2.05, 4.69) is 45.5 Å². The molecule has 5 nitrogen and oxygen atoms in total. The first-order valence-electron chi connectivity index (χ1n) is 10.4. The molecule has 1 aromatic heterocycles. The number of nitrogens with two attached hydrogens (primary N) is 1. The van der Waals surface area contributed by atoms with E-state index in [-0.39, 0.29) is 0 Å². The van der Waals surface area contributed by atoms with Crippen molar-refractivity contribution in [3.63, 3.8) is 0 Å². The molecule has 1 atom stereocenters. The highest BCUT2D eigenvalue weighted by molar-refractivity contribution is 6.31. The fraction of sp³-hybridized carbons (Fsp3) is 0.391. The van der Waals surface area contributed by atoms with Crippen LogP contribution in [0.5, 0.6) is 0 Å². The van der Waals surface area contributed by atoms with Crippen molar-refractivity contribution in [1.82, 2.24) is 19.9 Å². The molecule has 0 saturated carbocycles. The van der Waals surface area contributed by atoms with Crippen LogP contribution in [0.4, 0.5) is 5.82 Å². The van der Waals surface area contributed by atoms with Crippen LogP contribution in [0.3, 0.4) is 0 Å². The van der Waals surface area contributed by atoms with Crippen molar-refractivity contribution in [2.45, 2.75) is 37.6 Å². The molecule has 152 valence electrons. The summed E-state index contributed by atoms with van der Waals surface area (Å²) in [5, 5.41) is 9.32. The Morgan fingerprint density at radius 2 is 1.69 bits per heavy atom. The second kappa shape index (κ2) is 8.97. The monoisotopic (exact) mass is 409 g/mol.